The average Bonchev–Trinajstić information content (AvgIpc) is 2.87. The SMILES string of the molecule is NCC(=O)N1CCCC1C(=O)N1CCOCC1. The maximum absolute atomic E-state index is 12.3. The minimum absolute atomic E-state index is 0.0209. The number of ether oxygens (including phenoxy) is 1. The molecule has 96 valence electrons. The zero-order valence-corrected chi connectivity index (χ0v) is 9.93. The third-order valence-electron chi connectivity index (χ3n) is 3.36. The van der Waals surface area contributed by atoms with E-state index in [9.17, 15) is 9.59 Å². The highest BCUT2D eigenvalue weighted by atomic mass is 16.5. The smallest absolute Gasteiger partial charge is 0.245 e. The number of carbonyl (C=O) groups excluding carboxylic acids is 2. The molecule has 0 aromatic rings. The number of hydrogen-bond donors (Lipinski definition) is 1. The van der Waals surface area contributed by atoms with Crippen molar-refractivity contribution in [2.45, 2.75) is 18.9 Å². The second-order valence-electron chi connectivity index (χ2n) is 4.39. The van der Waals surface area contributed by atoms with Crippen LogP contribution < -0.4 is 5.73 Å². The van der Waals surface area contributed by atoms with Crippen LogP contribution >= 0.6 is 0 Å². The van der Waals surface area contributed by atoms with Crippen LogP contribution in [0.5, 0.6) is 0 Å². The number of likely N-dealkylation sites (tertiary alicyclic amines) is 1. The van der Waals surface area contributed by atoms with Gasteiger partial charge in [0, 0.05) is 19.6 Å². The lowest BCUT2D eigenvalue weighted by molar-refractivity contribution is -0.145. The van der Waals surface area contributed by atoms with Gasteiger partial charge in [0.2, 0.25) is 11.8 Å². The minimum Gasteiger partial charge on any atom is -0.378 e. The molecule has 0 saturated carbocycles. The first-order valence-corrected chi connectivity index (χ1v) is 6.10. The van der Waals surface area contributed by atoms with Crippen molar-refractivity contribution >= 4 is 11.8 Å². The van der Waals surface area contributed by atoms with E-state index in [-0.39, 0.29) is 24.4 Å². The molecule has 2 heterocycles. The molecule has 6 heteroatoms. The maximum atomic E-state index is 12.3. The molecule has 2 amide bonds. The summed E-state index contributed by atoms with van der Waals surface area (Å²) in [7, 11) is 0. The quantitative estimate of drug-likeness (QED) is 0.658. The van der Waals surface area contributed by atoms with Crippen molar-refractivity contribution in [3.05, 3.63) is 0 Å². The van der Waals surface area contributed by atoms with Crippen molar-refractivity contribution in [1.29, 1.82) is 0 Å². The normalized spacial score (nSPS) is 25.1. The number of rotatable bonds is 2. The molecule has 1 atom stereocenters. The van der Waals surface area contributed by atoms with Gasteiger partial charge >= 0.3 is 0 Å². The van der Waals surface area contributed by atoms with Gasteiger partial charge in [0.1, 0.15) is 6.04 Å². The molecule has 2 aliphatic heterocycles. The first kappa shape index (κ1) is 12.3. The third kappa shape index (κ3) is 2.58. The van der Waals surface area contributed by atoms with Crippen LogP contribution in [0.4, 0.5) is 0 Å². The molecule has 0 aliphatic carbocycles. The molecule has 2 aliphatic rings. The second kappa shape index (κ2) is 5.46. The van der Waals surface area contributed by atoms with Crippen LogP contribution in [0.15, 0.2) is 0 Å². The molecular formula is C11H19N3O3. The van der Waals surface area contributed by atoms with E-state index in [2.05, 4.69) is 0 Å². The summed E-state index contributed by atoms with van der Waals surface area (Å²) in [6.45, 7) is 3.05. The van der Waals surface area contributed by atoms with Crippen molar-refractivity contribution < 1.29 is 14.3 Å². The average molecular weight is 241 g/mol. The van der Waals surface area contributed by atoms with Crippen LogP contribution in [-0.2, 0) is 14.3 Å². The number of nitrogens with two attached hydrogens (primary N) is 1. The van der Waals surface area contributed by atoms with Crippen molar-refractivity contribution in [1.82, 2.24) is 9.80 Å². The lowest BCUT2D eigenvalue weighted by atomic mass is 10.2. The summed E-state index contributed by atoms with van der Waals surface area (Å²) in [6.07, 6.45) is 1.63. The molecule has 0 aromatic carbocycles. The molecule has 2 saturated heterocycles. The predicted octanol–water partition coefficient (Wildman–Crippen LogP) is -1.21. The monoisotopic (exact) mass is 241 g/mol. The van der Waals surface area contributed by atoms with E-state index in [0.29, 0.717) is 32.8 Å². The van der Waals surface area contributed by atoms with Gasteiger partial charge in [0.15, 0.2) is 0 Å². The molecule has 6 nitrogen and oxygen atoms in total. The second-order valence-corrected chi connectivity index (χ2v) is 4.39. The van der Waals surface area contributed by atoms with Crippen LogP contribution in [0, 0.1) is 0 Å². The number of nitrogens with zero attached hydrogens (tertiary/aromatic N) is 2. The Hall–Kier alpha value is -1.14. The predicted molar refractivity (Wildman–Crippen MR) is 61.2 cm³/mol. The highest BCUT2D eigenvalue weighted by molar-refractivity contribution is 5.89. The summed E-state index contributed by atoms with van der Waals surface area (Å²) in [6, 6.07) is -0.302. The van der Waals surface area contributed by atoms with Crippen LogP contribution in [0.3, 0.4) is 0 Å². The molecule has 0 bridgehead atoms. The van der Waals surface area contributed by atoms with Crippen LogP contribution in [0.2, 0.25) is 0 Å². The Labute approximate surface area is 101 Å². The standard InChI is InChI=1S/C11H19N3O3/c12-8-10(15)14-3-1-2-9(14)11(16)13-4-6-17-7-5-13/h9H,1-8,12H2. The molecule has 2 fully saturated rings. The highest BCUT2D eigenvalue weighted by Gasteiger charge is 2.36. The number of hydrogen-bond acceptors (Lipinski definition) is 4. The Bertz CT molecular complexity index is 302. The van der Waals surface area contributed by atoms with E-state index in [1.54, 1.807) is 9.80 Å². The molecular weight excluding hydrogens is 222 g/mol. The van der Waals surface area contributed by atoms with E-state index in [1.807, 2.05) is 0 Å². The maximum Gasteiger partial charge on any atom is 0.245 e. The molecule has 0 spiro atoms. The van der Waals surface area contributed by atoms with E-state index >= 15 is 0 Å². The Balaban J connectivity index is 1.99. The summed E-state index contributed by atoms with van der Waals surface area (Å²) in [5, 5.41) is 0. The number of amides is 2. The molecule has 2 N–H and O–H groups in total. The van der Waals surface area contributed by atoms with Crippen molar-refractivity contribution in [2.24, 2.45) is 5.73 Å². The van der Waals surface area contributed by atoms with Gasteiger partial charge in [0.25, 0.3) is 0 Å². The Morgan fingerprint density at radius 2 is 1.94 bits per heavy atom. The van der Waals surface area contributed by atoms with E-state index in [0.717, 1.165) is 12.8 Å². The largest absolute Gasteiger partial charge is 0.378 e. The van der Waals surface area contributed by atoms with Gasteiger partial charge in [-0.2, -0.15) is 0 Å². The number of morpholine rings is 1. The van der Waals surface area contributed by atoms with E-state index < -0.39 is 0 Å². The number of carbonyl (C=O) groups is 2. The summed E-state index contributed by atoms with van der Waals surface area (Å²) >= 11 is 0. The molecule has 1 unspecified atom stereocenters. The molecule has 17 heavy (non-hydrogen) atoms. The zero-order valence-electron chi connectivity index (χ0n) is 9.93. The van der Waals surface area contributed by atoms with Crippen LogP contribution in [-0.4, -0.2) is 67.0 Å². The van der Waals surface area contributed by atoms with Gasteiger partial charge in [-0.3, -0.25) is 9.59 Å². The fourth-order valence-electron chi connectivity index (χ4n) is 2.43. The summed E-state index contributed by atoms with van der Waals surface area (Å²) in [5.41, 5.74) is 5.36. The van der Waals surface area contributed by atoms with Crippen molar-refractivity contribution in [2.75, 3.05) is 39.4 Å². The van der Waals surface area contributed by atoms with Crippen LogP contribution in [0.25, 0.3) is 0 Å². The molecule has 0 radical (unpaired) electrons. The minimum atomic E-state index is -0.302. The fraction of sp³-hybridized carbons (Fsp3) is 0.818. The van der Waals surface area contributed by atoms with Gasteiger partial charge < -0.3 is 20.3 Å². The summed E-state index contributed by atoms with van der Waals surface area (Å²) < 4.78 is 5.21. The van der Waals surface area contributed by atoms with E-state index in [1.165, 1.54) is 0 Å². The zero-order chi connectivity index (χ0) is 12.3. The summed E-state index contributed by atoms with van der Waals surface area (Å²) in [5.74, 6) is -0.0818. The van der Waals surface area contributed by atoms with Gasteiger partial charge in [-0.1, -0.05) is 0 Å². The Morgan fingerprint density at radius 3 is 2.59 bits per heavy atom. The lowest BCUT2D eigenvalue weighted by Gasteiger charge is -2.32. The topological polar surface area (TPSA) is 75.9 Å². The Morgan fingerprint density at radius 1 is 1.24 bits per heavy atom. The van der Waals surface area contributed by atoms with Crippen LogP contribution in [0.1, 0.15) is 12.8 Å². The third-order valence-corrected chi connectivity index (χ3v) is 3.36. The fourth-order valence-corrected chi connectivity index (χ4v) is 2.43. The first-order valence-electron chi connectivity index (χ1n) is 6.10. The van der Waals surface area contributed by atoms with Crippen molar-refractivity contribution in [3.63, 3.8) is 0 Å². The lowest BCUT2D eigenvalue weighted by Crippen LogP contribution is -2.52. The van der Waals surface area contributed by atoms with E-state index in [4.69, 9.17) is 10.5 Å². The molecule has 2 rings (SSSR count). The van der Waals surface area contributed by atoms with Gasteiger partial charge in [-0.15, -0.1) is 0 Å². The van der Waals surface area contributed by atoms with Gasteiger partial charge in [-0.25, -0.2) is 0 Å². The Kier molecular flexibility index (Phi) is 3.96. The molecule has 0 aromatic heterocycles. The summed E-state index contributed by atoms with van der Waals surface area (Å²) in [4.78, 5) is 27.3. The first-order chi connectivity index (χ1) is 8.24. The highest BCUT2D eigenvalue weighted by Crippen LogP contribution is 2.19. The van der Waals surface area contributed by atoms with Gasteiger partial charge in [0.05, 0.1) is 19.8 Å². The van der Waals surface area contributed by atoms with Gasteiger partial charge in [-0.05, 0) is 12.8 Å². The van der Waals surface area contributed by atoms with Crippen molar-refractivity contribution in [3.8, 4) is 0 Å².